The van der Waals surface area contributed by atoms with Gasteiger partial charge in [0.05, 0.1) is 30.8 Å². The van der Waals surface area contributed by atoms with Crippen molar-refractivity contribution in [3.05, 3.63) is 36.0 Å². The number of likely N-dealkylation sites (N-methyl/N-ethyl adjacent to an activating group) is 1. The Morgan fingerprint density at radius 3 is 2.44 bits per heavy atom. The number of nitrogens with zero attached hydrogens (tertiary/aromatic N) is 1. The summed E-state index contributed by atoms with van der Waals surface area (Å²) in [7, 11) is 3.84. The van der Waals surface area contributed by atoms with Gasteiger partial charge in [-0.2, -0.15) is 0 Å². The Morgan fingerprint density at radius 2 is 1.81 bits per heavy atom. The van der Waals surface area contributed by atoms with Crippen LogP contribution in [0, 0.1) is 29.6 Å². The molecule has 0 radical (unpaired) electrons. The van der Waals surface area contributed by atoms with E-state index in [-0.39, 0.29) is 24.7 Å². The molecule has 1 aliphatic carbocycles. The molecule has 2 N–H and O–H groups in total. The van der Waals surface area contributed by atoms with Gasteiger partial charge in [-0.3, -0.25) is 4.79 Å². The average Bonchev–Trinajstić information content (AvgIpc) is 3.44. The zero-order valence-electron chi connectivity index (χ0n) is 23.3. The molecule has 36 heavy (non-hydrogen) atoms. The van der Waals surface area contributed by atoms with Crippen LogP contribution in [0.5, 0.6) is 0 Å². The maximum atomic E-state index is 11.2. The zero-order chi connectivity index (χ0) is 26.6. The molecular weight excluding hydrogens is 454 g/mol. The molecule has 3 aliphatic rings. The molecule has 3 rings (SSSR count). The highest BCUT2D eigenvalue weighted by Gasteiger charge is 2.44. The van der Waals surface area contributed by atoms with Crippen molar-refractivity contribution < 1.29 is 24.5 Å². The fraction of sp³-hybridized carbons (Fsp3) is 0.767. The molecule has 2 heterocycles. The molecule has 11 unspecified atom stereocenters. The van der Waals surface area contributed by atoms with Crippen molar-refractivity contribution >= 4 is 5.97 Å². The number of carbonyl (C=O) groups is 1. The summed E-state index contributed by atoms with van der Waals surface area (Å²) in [5.74, 6) is 1.57. The Kier molecular flexibility index (Phi) is 10.4. The Balaban J connectivity index is 1.55. The first-order chi connectivity index (χ1) is 17.0. The topological polar surface area (TPSA) is 79.2 Å². The van der Waals surface area contributed by atoms with E-state index < -0.39 is 18.2 Å². The van der Waals surface area contributed by atoms with Crippen molar-refractivity contribution in [1.82, 2.24) is 4.90 Å². The van der Waals surface area contributed by atoms with Crippen LogP contribution in [0.4, 0.5) is 0 Å². The fourth-order valence-corrected chi connectivity index (χ4v) is 6.09. The predicted octanol–water partition coefficient (Wildman–Crippen LogP) is 5.08. The number of rotatable bonds is 10. The number of hydrogen-bond donors (Lipinski definition) is 2. The quantitative estimate of drug-likeness (QED) is 0.405. The molecule has 0 bridgehead atoms. The molecule has 2 saturated heterocycles. The largest absolute Gasteiger partial charge is 0.481 e. The van der Waals surface area contributed by atoms with Crippen molar-refractivity contribution in [1.29, 1.82) is 0 Å². The summed E-state index contributed by atoms with van der Waals surface area (Å²) in [6.07, 6.45) is 14.1. The first-order valence-corrected chi connectivity index (χ1v) is 13.9. The highest BCUT2D eigenvalue weighted by Crippen LogP contribution is 2.48. The van der Waals surface area contributed by atoms with Crippen LogP contribution in [0.3, 0.4) is 0 Å². The third kappa shape index (κ3) is 7.53. The SMILES string of the molecule is CCC1OC(C(C)=CC(C)C=CC2C(C)C2C=CC2OC(CC(=O)O)CC(N(C)C)C2O)CCC1C. The fourth-order valence-electron chi connectivity index (χ4n) is 6.09. The van der Waals surface area contributed by atoms with Gasteiger partial charge in [-0.1, -0.05) is 58.1 Å². The van der Waals surface area contributed by atoms with E-state index in [0.29, 0.717) is 42.1 Å². The molecule has 0 aromatic carbocycles. The summed E-state index contributed by atoms with van der Waals surface area (Å²) in [6, 6.07) is -0.120. The molecule has 0 amide bonds. The molecule has 204 valence electrons. The van der Waals surface area contributed by atoms with E-state index in [1.165, 1.54) is 12.0 Å². The first kappa shape index (κ1) is 29.1. The molecule has 11 atom stereocenters. The smallest absolute Gasteiger partial charge is 0.305 e. The maximum Gasteiger partial charge on any atom is 0.305 e. The van der Waals surface area contributed by atoms with Crippen LogP contribution >= 0.6 is 0 Å². The number of allylic oxidation sites excluding steroid dienone is 4. The van der Waals surface area contributed by atoms with Crippen molar-refractivity contribution in [2.24, 2.45) is 29.6 Å². The Bertz CT molecular complexity index is 820. The summed E-state index contributed by atoms with van der Waals surface area (Å²) >= 11 is 0. The van der Waals surface area contributed by atoms with E-state index in [9.17, 15) is 15.0 Å². The summed E-state index contributed by atoms with van der Waals surface area (Å²) in [4.78, 5) is 13.2. The summed E-state index contributed by atoms with van der Waals surface area (Å²) in [6.45, 7) is 11.2. The third-order valence-electron chi connectivity index (χ3n) is 8.62. The van der Waals surface area contributed by atoms with E-state index >= 15 is 0 Å². The first-order valence-electron chi connectivity index (χ1n) is 13.9. The lowest BCUT2D eigenvalue weighted by molar-refractivity contribution is -0.153. The number of ether oxygens (including phenoxy) is 2. The molecule has 0 aromatic heterocycles. The summed E-state index contributed by atoms with van der Waals surface area (Å²) in [5, 5.41) is 20.0. The second-order valence-electron chi connectivity index (χ2n) is 11.8. The van der Waals surface area contributed by atoms with Crippen LogP contribution in [0.2, 0.25) is 0 Å². The van der Waals surface area contributed by atoms with Gasteiger partial charge in [-0.25, -0.2) is 0 Å². The van der Waals surface area contributed by atoms with Gasteiger partial charge in [0.1, 0.15) is 6.10 Å². The van der Waals surface area contributed by atoms with Crippen LogP contribution < -0.4 is 0 Å². The molecule has 2 aliphatic heterocycles. The van der Waals surface area contributed by atoms with E-state index in [1.54, 1.807) is 0 Å². The van der Waals surface area contributed by atoms with Gasteiger partial charge in [-0.05, 0) is 81.9 Å². The van der Waals surface area contributed by atoms with Crippen molar-refractivity contribution in [3.63, 3.8) is 0 Å². The molecule has 3 fully saturated rings. The number of carboxylic acid groups (broad SMARTS) is 1. The number of aliphatic hydroxyl groups excluding tert-OH is 1. The normalized spacial score (nSPS) is 40.8. The zero-order valence-corrected chi connectivity index (χ0v) is 23.3. The van der Waals surface area contributed by atoms with Crippen LogP contribution in [0.1, 0.15) is 66.7 Å². The van der Waals surface area contributed by atoms with E-state index in [2.05, 4.69) is 58.9 Å². The number of carboxylic acids is 1. The van der Waals surface area contributed by atoms with Crippen molar-refractivity contribution in [3.8, 4) is 0 Å². The summed E-state index contributed by atoms with van der Waals surface area (Å²) in [5.41, 5.74) is 1.34. The van der Waals surface area contributed by atoms with Gasteiger partial charge in [0.2, 0.25) is 0 Å². The van der Waals surface area contributed by atoms with Gasteiger partial charge >= 0.3 is 5.97 Å². The Labute approximate surface area is 218 Å². The molecule has 0 spiro atoms. The Hall–Kier alpha value is -1.47. The van der Waals surface area contributed by atoms with Crippen LogP contribution in [0.15, 0.2) is 36.0 Å². The van der Waals surface area contributed by atoms with Gasteiger partial charge in [0.15, 0.2) is 0 Å². The molecule has 1 saturated carbocycles. The Morgan fingerprint density at radius 1 is 1.11 bits per heavy atom. The monoisotopic (exact) mass is 503 g/mol. The lowest BCUT2D eigenvalue weighted by Gasteiger charge is -2.41. The van der Waals surface area contributed by atoms with Crippen molar-refractivity contribution in [2.45, 2.75) is 103 Å². The number of hydrogen-bond acceptors (Lipinski definition) is 5. The number of aliphatic hydroxyl groups is 1. The van der Waals surface area contributed by atoms with Gasteiger partial charge in [0, 0.05) is 6.04 Å². The van der Waals surface area contributed by atoms with Gasteiger partial charge in [0.25, 0.3) is 0 Å². The standard InChI is InChI=1S/C30H49NO5/c1-8-26-19(3)10-13-27(36-26)20(4)15-18(2)9-11-23-21(5)24(23)12-14-28-30(34)25(31(6)7)16-22(35-28)17-29(32)33/h9,11-12,14-15,18-19,21-28,30,34H,8,10,13,16-17H2,1-7H3,(H,32,33). The van der Waals surface area contributed by atoms with E-state index in [0.717, 1.165) is 12.8 Å². The molecular formula is C30H49NO5. The van der Waals surface area contributed by atoms with Gasteiger partial charge < -0.3 is 24.6 Å². The van der Waals surface area contributed by atoms with Gasteiger partial charge in [-0.15, -0.1) is 0 Å². The van der Waals surface area contributed by atoms with E-state index in [1.807, 2.05) is 25.1 Å². The molecule has 6 heteroatoms. The molecule has 0 aromatic rings. The second kappa shape index (κ2) is 12.9. The second-order valence-corrected chi connectivity index (χ2v) is 11.8. The van der Waals surface area contributed by atoms with Crippen LogP contribution in [-0.2, 0) is 14.3 Å². The van der Waals surface area contributed by atoms with Crippen LogP contribution in [0.25, 0.3) is 0 Å². The lowest BCUT2D eigenvalue weighted by Crippen LogP contribution is -2.53. The maximum absolute atomic E-state index is 11.2. The predicted molar refractivity (Wildman–Crippen MR) is 144 cm³/mol. The third-order valence-corrected chi connectivity index (χ3v) is 8.62. The highest BCUT2D eigenvalue weighted by atomic mass is 16.5. The highest BCUT2D eigenvalue weighted by molar-refractivity contribution is 5.67. The lowest BCUT2D eigenvalue weighted by atomic mass is 9.89. The van der Waals surface area contributed by atoms with E-state index in [4.69, 9.17) is 9.47 Å². The number of aliphatic carboxylic acids is 1. The molecule has 6 nitrogen and oxygen atoms in total. The average molecular weight is 504 g/mol. The minimum Gasteiger partial charge on any atom is -0.481 e. The summed E-state index contributed by atoms with van der Waals surface area (Å²) < 4.78 is 12.3. The van der Waals surface area contributed by atoms with Crippen molar-refractivity contribution in [2.75, 3.05) is 14.1 Å². The minimum absolute atomic E-state index is 0.0402. The minimum atomic E-state index is -0.870. The van der Waals surface area contributed by atoms with Crippen LogP contribution in [-0.4, -0.2) is 71.7 Å².